The van der Waals surface area contributed by atoms with Crippen LogP contribution in [0.15, 0.2) is 18.2 Å². The third kappa shape index (κ3) is 11.2. The molecule has 0 aromatic carbocycles. The quantitative estimate of drug-likeness (QED) is 0.316. The lowest BCUT2D eigenvalue weighted by atomic mass is 10.1. The average Bonchev–Trinajstić information content (AvgIpc) is 2.16. The van der Waals surface area contributed by atoms with Gasteiger partial charge in [0.05, 0.1) is 0 Å². The van der Waals surface area contributed by atoms with Gasteiger partial charge in [0.25, 0.3) is 0 Å². The lowest BCUT2D eigenvalue weighted by Gasteiger charge is -1.95. The van der Waals surface area contributed by atoms with E-state index in [0.717, 1.165) is 19.3 Å². The Morgan fingerprint density at radius 2 is 1.69 bits per heavy atom. The zero-order valence-corrected chi connectivity index (χ0v) is 8.59. The first kappa shape index (κ1) is 12.2. The van der Waals surface area contributed by atoms with E-state index in [1.54, 1.807) is 12.0 Å². The summed E-state index contributed by atoms with van der Waals surface area (Å²) in [6, 6.07) is 0. The van der Waals surface area contributed by atoms with Crippen LogP contribution in [0.2, 0.25) is 0 Å². The van der Waals surface area contributed by atoms with Crippen molar-refractivity contribution in [2.75, 3.05) is 0 Å². The van der Waals surface area contributed by atoms with Crippen LogP contribution in [0.1, 0.15) is 51.9 Å². The van der Waals surface area contributed by atoms with Crippen molar-refractivity contribution in [1.82, 2.24) is 0 Å². The van der Waals surface area contributed by atoms with Crippen molar-refractivity contribution in [2.24, 2.45) is 0 Å². The van der Waals surface area contributed by atoms with Gasteiger partial charge < -0.3 is 0 Å². The number of hydrogen-bond acceptors (Lipinski definition) is 1. The maximum Gasteiger partial charge on any atom is 0.120 e. The van der Waals surface area contributed by atoms with Crippen LogP contribution < -0.4 is 0 Å². The molecule has 1 heteroatoms. The normalized spacial score (nSPS) is 10.2. The van der Waals surface area contributed by atoms with Gasteiger partial charge in [-0.15, -0.1) is 0 Å². The molecule has 0 fully saturated rings. The van der Waals surface area contributed by atoms with Crippen LogP contribution in [-0.4, -0.2) is 5.94 Å². The summed E-state index contributed by atoms with van der Waals surface area (Å²) >= 11 is 0. The van der Waals surface area contributed by atoms with E-state index in [-0.39, 0.29) is 0 Å². The van der Waals surface area contributed by atoms with Crippen LogP contribution in [0, 0.1) is 0 Å². The van der Waals surface area contributed by atoms with Gasteiger partial charge in [-0.1, -0.05) is 31.9 Å². The zero-order chi connectivity index (χ0) is 9.78. The molecule has 0 saturated heterocycles. The van der Waals surface area contributed by atoms with E-state index in [0.29, 0.717) is 0 Å². The predicted molar refractivity (Wildman–Crippen MR) is 57.4 cm³/mol. The summed E-state index contributed by atoms with van der Waals surface area (Å²) in [4.78, 5) is 9.82. The van der Waals surface area contributed by atoms with Gasteiger partial charge in [0.2, 0.25) is 0 Å². The Balaban J connectivity index is 2.99. The Labute approximate surface area is 81.5 Å². The lowest BCUT2D eigenvalue weighted by Crippen LogP contribution is -1.76. The van der Waals surface area contributed by atoms with Crippen LogP contribution in [0.25, 0.3) is 0 Å². The fourth-order valence-corrected chi connectivity index (χ4v) is 1.21. The van der Waals surface area contributed by atoms with Crippen LogP contribution in [0.4, 0.5) is 0 Å². The van der Waals surface area contributed by atoms with Crippen molar-refractivity contribution in [1.29, 1.82) is 0 Å². The lowest BCUT2D eigenvalue weighted by molar-refractivity contribution is 0.567. The number of rotatable bonds is 8. The highest BCUT2D eigenvalue weighted by atomic mass is 16.1. The molecule has 0 radical (unpaired) electrons. The van der Waals surface area contributed by atoms with Crippen molar-refractivity contribution in [3.8, 4) is 0 Å². The maximum absolute atomic E-state index is 9.82. The molecule has 74 valence electrons. The number of allylic oxidation sites excluding steroid dienone is 3. The Morgan fingerprint density at radius 1 is 1.00 bits per heavy atom. The molecule has 0 unspecified atom stereocenters. The highest BCUT2D eigenvalue weighted by Crippen LogP contribution is 2.05. The first-order chi connectivity index (χ1) is 6.41. The number of hydrogen-bond donors (Lipinski definition) is 0. The average molecular weight is 180 g/mol. The molecule has 13 heavy (non-hydrogen) atoms. The predicted octanol–water partition coefficient (Wildman–Crippen LogP) is 3.68. The third-order valence-electron chi connectivity index (χ3n) is 1.95. The summed E-state index contributed by atoms with van der Waals surface area (Å²) in [5.41, 5.74) is 0. The molecule has 0 rings (SSSR count). The minimum Gasteiger partial charge on any atom is -0.234 e. The SMILES string of the molecule is CCC=CCCCCCCC=C=O. The van der Waals surface area contributed by atoms with Gasteiger partial charge >= 0.3 is 0 Å². The first-order valence-corrected chi connectivity index (χ1v) is 5.26. The Bertz CT molecular complexity index is 164. The second-order valence-electron chi connectivity index (χ2n) is 3.19. The molecule has 0 aliphatic carbocycles. The summed E-state index contributed by atoms with van der Waals surface area (Å²) in [6.45, 7) is 2.16. The van der Waals surface area contributed by atoms with Gasteiger partial charge in [0.15, 0.2) is 0 Å². The van der Waals surface area contributed by atoms with Crippen molar-refractivity contribution in [2.45, 2.75) is 51.9 Å². The number of carbonyl (C=O) groups excluding carboxylic acids is 1. The molecule has 0 heterocycles. The van der Waals surface area contributed by atoms with Gasteiger partial charge in [0, 0.05) is 0 Å². The van der Waals surface area contributed by atoms with Gasteiger partial charge in [-0.05, 0) is 38.2 Å². The Morgan fingerprint density at radius 3 is 2.31 bits per heavy atom. The van der Waals surface area contributed by atoms with Crippen LogP contribution in [0.5, 0.6) is 0 Å². The molecule has 0 saturated carbocycles. The van der Waals surface area contributed by atoms with Gasteiger partial charge in [-0.3, -0.25) is 0 Å². The second kappa shape index (κ2) is 11.2. The maximum atomic E-state index is 9.82. The topological polar surface area (TPSA) is 17.1 Å². The van der Waals surface area contributed by atoms with E-state index >= 15 is 0 Å². The van der Waals surface area contributed by atoms with Crippen LogP contribution in [0.3, 0.4) is 0 Å². The zero-order valence-electron chi connectivity index (χ0n) is 8.59. The fourth-order valence-electron chi connectivity index (χ4n) is 1.21. The highest BCUT2D eigenvalue weighted by molar-refractivity contribution is 5.44. The molecule has 0 amide bonds. The molecule has 0 aliphatic heterocycles. The molecular formula is C12H20O. The van der Waals surface area contributed by atoms with Gasteiger partial charge in [-0.25, -0.2) is 4.79 Å². The third-order valence-corrected chi connectivity index (χ3v) is 1.95. The van der Waals surface area contributed by atoms with Crippen molar-refractivity contribution >= 4 is 5.94 Å². The molecule has 0 atom stereocenters. The number of unbranched alkanes of at least 4 members (excludes halogenated alkanes) is 5. The van der Waals surface area contributed by atoms with E-state index in [1.807, 2.05) is 0 Å². The molecule has 0 bridgehead atoms. The molecule has 0 spiro atoms. The molecule has 0 aliphatic rings. The largest absolute Gasteiger partial charge is 0.234 e. The Hall–Kier alpha value is -0.810. The Kier molecular flexibility index (Phi) is 10.5. The first-order valence-electron chi connectivity index (χ1n) is 5.26. The molecular weight excluding hydrogens is 160 g/mol. The van der Waals surface area contributed by atoms with Gasteiger partial charge in [-0.2, -0.15) is 0 Å². The molecule has 1 nitrogen and oxygen atoms in total. The summed E-state index contributed by atoms with van der Waals surface area (Å²) < 4.78 is 0. The summed E-state index contributed by atoms with van der Waals surface area (Å²) in [6.07, 6.45) is 14.2. The molecule has 0 aromatic heterocycles. The van der Waals surface area contributed by atoms with E-state index in [1.165, 1.54) is 25.7 Å². The van der Waals surface area contributed by atoms with Crippen molar-refractivity contribution in [3.63, 3.8) is 0 Å². The summed E-state index contributed by atoms with van der Waals surface area (Å²) in [7, 11) is 0. The van der Waals surface area contributed by atoms with Crippen LogP contribution >= 0.6 is 0 Å². The van der Waals surface area contributed by atoms with E-state index < -0.39 is 0 Å². The van der Waals surface area contributed by atoms with E-state index in [2.05, 4.69) is 19.1 Å². The molecule has 0 N–H and O–H groups in total. The minimum atomic E-state index is 0.897. The smallest absolute Gasteiger partial charge is 0.120 e. The minimum absolute atomic E-state index is 0.897. The summed E-state index contributed by atoms with van der Waals surface area (Å²) in [5, 5.41) is 0. The summed E-state index contributed by atoms with van der Waals surface area (Å²) in [5.74, 6) is 1.80. The van der Waals surface area contributed by atoms with Crippen molar-refractivity contribution < 1.29 is 4.79 Å². The monoisotopic (exact) mass is 180 g/mol. The van der Waals surface area contributed by atoms with E-state index in [9.17, 15) is 4.79 Å². The fraction of sp³-hybridized carbons (Fsp3) is 0.667. The van der Waals surface area contributed by atoms with E-state index in [4.69, 9.17) is 0 Å². The molecule has 0 aromatic rings. The van der Waals surface area contributed by atoms with Crippen LogP contribution in [-0.2, 0) is 4.79 Å². The van der Waals surface area contributed by atoms with Crippen molar-refractivity contribution in [3.05, 3.63) is 18.2 Å². The highest BCUT2D eigenvalue weighted by Gasteiger charge is 1.86. The standard InChI is InChI=1S/C12H20O/c1-2-3-4-5-6-7-8-9-10-11-12-13/h3-4,11H,2,5-10H2,1H3. The van der Waals surface area contributed by atoms with Gasteiger partial charge in [0.1, 0.15) is 5.94 Å². The second-order valence-corrected chi connectivity index (χ2v) is 3.19.